The van der Waals surface area contributed by atoms with E-state index in [-0.39, 0.29) is 28.2 Å². The van der Waals surface area contributed by atoms with E-state index in [4.69, 9.17) is 0 Å². The third kappa shape index (κ3) is 2.85. The first-order valence-electron chi connectivity index (χ1n) is 6.81. The van der Waals surface area contributed by atoms with Crippen molar-refractivity contribution in [3.05, 3.63) is 34.9 Å². The molecule has 1 nitrogen and oxygen atoms in total. The summed E-state index contributed by atoms with van der Waals surface area (Å²) in [6, 6.07) is 2.88. The van der Waals surface area contributed by atoms with Crippen LogP contribution in [0.3, 0.4) is 0 Å². The van der Waals surface area contributed by atoms with Crippen LogP contribution in [0, 0.1) is 29.9 Å². The topological polar surface area (TPSA) is 17.1 Å². The van der Waals surface area contributed by atoms with Crippen molar-refractivity contribution in [3.8, 4) is 0 Å². The second-order valence-electron chi connectivity index (χ2n) is 6.36. The van der Waals surface area contributed by atoms with Crippen molar-refractivity contribution >= 4 is 5.78 Å². The van der Waals surface area contributed by atoms with E-state index >= 15 is 0 Å². The molecule has 0 radical (unpaired) electrons. The number of aryl methyl sites for hydroxylation is 1. The molecule has 1 fully saturated rings. The molecule has 0 bridgehead atoms. The quantitative estimate of drug-likeness (QED) is 0.711. The minimum absolute atomic E-state index is 0.0900. The molecule has 0 aliphatic heterocycles. The van der Waals surface area contributed by atoms with Gasteiger partial charge in [0, 0.05) is 5.92 Å². The van der Waals surface area contributed by atoms with Gasteiger partial charge in [-0.15, -0.1) is 0 Å². The maximum absolute atomic E-state index is 13.8. The summed E-state index contributed by atoms with van der Waals surface area (Å²) in [4.78, 5) is 12.3. The molecule has 3 heteroatoms. The molecular weight excluding hydrogens is 246 g/mol. The average molecular weight is 266 g/mol. The van der Waals surface area contributed by atoms with Crippen LogP contribution in [0.25, 0.3) is 0 Å². The first kappa shape index (κ1) is 14.2. The molecule has 1 saturated carbocycles. The van der Waals surface area contributed by atoms with Gasteiger partial charge in [0.1, 0.15) is 0 Å². The van der Waals surface area contributed by atoms with Crippen LogP contribution in [0.4, 0.5) is 8.78 Å². The Morgan fingerprint density at radius 2 is 1.74 bits per heavy atom. The molecule has 0 atom stereocenters. The summed E-state index contributed by atoms with van der Waals surface area (Å²) in [6.45, 7) is 5.86. The van der Waals surface area contributed by atoms with Gasteiger partial charge in [0.05, 0.1) is 5.56 Å². The molecule has 1 aliphatic rings. The zero-order valence-electron chi connectivity index (χ0n) is 11.7. The number of benzene rings is 1. The monoisotopic (exact) mass is 266 g/mol. The molecule has 0 heterocycles. The molecule has 0 aromatic heterocycles. The number of carbonyl (C=O) groups is 1. The molecule has 0 N–H and O–H groups in total. The fourth-order valence-corrected chi connectivity index (χ4v) is 2.72. The van der Waals surface area contributed by atoms with Crippen LogP contribution in [0.5, 0.6) is 0 Å². The minimum atomic E-state index is -0.991. The molecule has 0 amide bonds. The lowest BCUT2D eigenvalue weighted by Gasteiger charge is -2.33. The molecule has 0 unspecified atom stereocenters. The molecule has 1 aromatic rings. The zero-order valence-corrected chi connectivity index (χ0v) is 11.7. The van der Waals surface area contributed by atoms with Gasteiger partial charge in [-0.2, -0.15) is 0 Å². The highest BCUT2D eigenvalue weighted by atomic mass is 19.2. The molecular formula is C16H20F2O. The van der Waals surface area contributed by atoms with Gasteiger partial charge in [-0.3, -0.25) is 4.79 Å². The SMILES string of the molecule is Cc1ccc(C(=O)C2CCC(C)(C)CC2)c(F)c1F. The van der Waals surface area contributed by atoms with E-state index in [1.165, 1.54) is 19.1 Å². The standard InChI is InChI=1S/C16H20F2O/c1-10-4-5-12(14(18)13(10)17)15(19)11-6-8-16(2,3)9-7-11/h4-5,11H,6-9H2,1-3H3. The summed E-state index contributed by atoms with van der Waals surface area (Å²) in [5.41, 5.74) is 0.403. The normalized spacial score (nSPS) is 19.4. The Morgan fingerprint density at radius 3 is 2.32 bits per heavy atom. The fraction of sp³-hybridized carbons (Fsp3) is 0.562. The third-order valence-electron chi connectivity index (χ3n) is 4.25. The van der Waals surface area contributed by atoms with Crippen LogP contribution < -0.4 is 0 Å². The Morgan fingerprint density at radius 1 is 1.16 bits per heavy atom. The molecule has 1 aliphatic carbocycles. The molecule has 104 valence electrons. The molecule has 0 spiro atoms. The number of hydrogen-bond donors (Lipinski definition) is 0. The predicted molar refractivity (Wildman–Crippen MR) is 71.2 cm³/mol. The van der Waals surface area contributed by atoms with Crippen molar-refractivity contribution < 1.29 is 13.6 Å². The van der Waals surface area contributed by atoms with Gasteiger partial charge in [0.2, 0.25) is 0 Å². The van der Waals surface area contributed by atoms with E-state index in [0.717, 1.165) is 25.7 Å². The summed E-state index contributed by atoms with van der Waals surface area (Å²) < 4.78 is 27.3. The Kier molecular flexibility index (Phi) is 3.75. The second kappa shape index (κ2) is 5.03. The molecule has 1 aromatic carbocycles. The van der Waals surface area contributed by atoms with Crippen molar-refractivity contribution in [1.82, 2.24) is 0 Å². The average Bonchev–Trinajstić information content (AvgIpc) is 2.35. The van der Waals surface area contributed by atoms with Gasteiger partial charge in [0.15, 0.2) is 17.4 Å². The van der Waals surface area contributed by atoms with Gasteiger partial charge >= 0.3 is 0 Å². The maximum Gasteiger partial charge on any atom is 0.169 e. The lowest BCUT2D eigenvalue weighted by atomic mass is 9.71. The predicted octanol–water partition coefficient (Wildman–Crippen LogP) is 4.67. The summed E-state index contributed by atoms with van der Waals surface area (Å²) in [5.74, 6) is -2.30. The first-order chi connectivity index (χ1) is 8.82. The smallest absolute Gasteiger partial charge is 0.169 e. The van der Waals surface area contributed by atoms with Crippen LogP contribution in [0.1, 0.15) is 55.5 Å². The third-order valence-corrected chi connectivity index (χ3v) is 4.25. The first-order valence-corrected chi connectivity index (χ1v) is 6.81. The van der Waals surface area contributed by atoms with Gasteiger partial charge in [-0.25, -0.2) is 8.78 Å². The van der Waals surface area contributed by atoms with Crippen molar-refractivity contribution in [2.45, 2.75) is 46.5 Å². The van der Waals surface area contributed by atoms with Gasteiger partial charge < -0.3 is 0 Å². The van der Waals surface area contributed by atoms with Crippen LogP contribution in [0.15, 0.2) is 12.1 Å². The number of carbonyl (C=O) groups excluding carboxylic acids is 1. The van der Waals surface area contributed by atoms with Crippen molar-refractivity contribution in [2.24, 2.45) is 11.3 Å². The zero-order chi connectivity index (χ0) is 14.2. The van der Waals surface area contributed by atoms with Gasteiger partial charge in [-0.1, -0.05) is 19.9 Å². The lowest BCUT2D eigenvalue weighted by Crippen LogP contribution is -2.27. The number of Topliss-reactive ketones (excluding diaryl/α,β-unsaturated/α-hetero) is 1. The number of ketones is 1. The summed E-state index contributed by atoms with van der Waals surface area (Å²) in [6.07, 6.45) is 3.44. The molecule has 2 rings (SSSR count). The second-order valence-corrected chi connectivity index (χ2v) is 6.36. The Hall–Kier alpha value is -1.25. The Bertz CT molecular complexity index is 496. The van der Waals surface area contributed by atoms with Gasteiger partial charge in [-0.05, 0) is 49.7 Å². The summed E-state index contributed by atoms with van der Waals surface area (Å²) in [5, 5.41) is 0. The van der Waals surface area contributed by atoms with Crippen molar-refractivity contribution in [2.75, 3.05) is 0 Å². The number of halogens is 2. The lowest BCUT2D eigenvalue weighted by molar-refractivity contribution is 0.0833. The molecule has 19 heavy (non-hydrogen) atoms. The highest BCUT2D eigenvalue weighted by molar-refractivity contribution is 5.98. The van der Waals surface area contributed by atoms with Crippen LogP contribution in [-0.4, -0.2) is 5.78 Å². The summed E-state index contributed by atoms with van der Waals surface area (Å²) in [7, 11) is 0. The molecule has 0 saturated heterocycles. The van der Waals surface area contributed by atoms with Crippen LogP contribution in [0.2, 0.25) is 0 Å². The van der Waals surface area contributed by atoms with E-state index in [9.17, 15) is 13.6 Å². The number of hydrogen-bond acceptors (Lipinski definition) is 1. The van der Waals surface area contributed by atoms with Crippen molar-refractivity contribution in [3.63, 3.8) is 0 Å². The Balaban J connectivity index is 2.20. The van der Waals surface area contributed by atoms with E-state index < -0.39 is 11.6 Å². The van der Waals surface area contributed by atoms with Crippen molar-refractivity contribution in [1.29, 1.82) is 0 Å². The van der Waals surface area contributed by atoms with E-state index in [0.29, 0.717) is 0 Å². The van der Waals surface area contributed by atoms with E-state index in [1.54, 1.807) is 0 Å². The largest absolute Gasteiger partial charge is 0.294 e. The highest BCUT2D eigenvalue weighted by Gasteiger charge is 2.32. The highest BCUT2D eigenvalue weighted by Crippen LogP contribution is 2.39. The van der Waals surface area contributed by atoms with E-state index in [2.05, 4.69) is 13.8 Å². The fourth-order valence-electron chi connectivity index (χ4n) is 2.72. The van der Waals surface area contributed by atoms with E-state index in [1.807, 2.05) is 0 Å². The number of rotatable bonds is 2. The van der Waals surface area contributed by atoms with Crippen LogP contribution in [-0.2, 0) is 0 Å². The Labute approximate surface area is 113 Å². The van der Waals surface area contributed by atoms with Gasteiger partial charge in [0.25, 0.3) is 0 Å². The summed E-state index contributed by atoms with van der Waals surface area (Å²) >= 11 is 0. The maximum atomic E-state index is 13.8. The van der Waals surface area contributed by atoms with Crippen LogP contribution >= 0.6 is 0 Å². The minimum Gasteiger partial charge on any atom is -0.294 e.